The summed E-state index contributed by atoms with van der Waals surface area (Å²) in [5.74, 6) is -1.29. The van der Waals surface area contributed by atoms with Crippen molar-refractivity contribution in [1.29, 1.82) is 0 Å². The molecule has 8 nitrogen and oxygen atoms in total. The zero-order valence-corrected chi connectivity index (χ0v) is 19.8. The number of carbonyl (C=O) groups excluding carboxylic acids is 1. The van der Waals surface area contributed by atoms with Gasteiger partial charge in [0.05, 0.1) is 19.2 Å². The van der Waals surface area contributed by atoms with E-state index in [1.54, 1.807) is 24.5 Å². The van der Waals surface area contributed by atoms with E-state index in [0.29, 0.717) is 29.1 Å². The predicted molar refractivity (Wildman–Crippen MR) is 134 cm³/mol. The number of nitrogens with zero attached hydrogens (tertiary/aromatic N) is 2. The molecule has 1 aliphatic rings. The van der Waals surface area contributed by atoms with Gasteiger partial charge in [-0.15, -0.1) is 0 Å². The van der Waals surface area contributed by atoms with Crippen LogP contribution in [0.1, 0.15) is 35.6 Å². The number of methoxy groups -OCH3 is 1. The van der Waals surface area contributed by atoms with Crippen LogP contribution in [-0.2, 0) is 16.1 Å². The lowest BCUT2D eigenvalue weighted by Crippen LogP contribution is -2.22. The highest BCUT2D eigenvalue weighted by Crippen LogP contribution is 2.43. The molecule has 3 N–H and O–H groups in total. The number of amides is 1. The van der Waals surface area contributed by atoms with Crippen molar-refractivity contribution in [1.82, 2.24) is 15.3 Å². The molecule has 2 heterocycles. The Hall–Kier alpha value is -4.53. The second kappa shape index (κ2) is 10.8. The number of carboxylic acids is 1. The predicted octanol–water partition coefficient (Wildman–Crippen LogP) is 4.16. The van der Waals surface area contributed by atoms with Gasteiger partial charge in [-0.1, -0.05) is 12.1 Å². The molecule has 4 rings (SSSR count). The van der Waals surface area contributed by atoms with Gasteiger partial charge in [-0.25, -0.2) is 4.98 Å². The second-order valence-electron chi connectivity index (χ2n) is 8.24. The minimum Gasteiger partial charge on any atom is -0.495 e. The third-order valence-corrected chi connectivity index (χ3v) is 5.86. The number of halogens is 1. The number of carboxylic acid groups (broad SMARTS) is 1. The zero-order valence-electron chi connectivity index (χ0n) is 19.8. The van der Waals surface area contributed by atoms with Crippen molar-refractivity contribution < 1.29 is 23.8 Å². The lowest BCUT2D eigenvalue weighted by Gasteiger charge is -2.11. The Labute approximate surface area is 207 Å². The van der Waals surface area contributed by atoms with Gasteiger partial charge in [0, 0.05) is 36.8 Å². The summed E-state index contributed by atoms with van der Waals surface area (Å²) >= 11 is 0. The molecule has 0 radical (unpaired) electrons. The first-order valence-electron chi connectivity index (χ1n) is 11.2. The first-order valence-corrected chi connectivity index (χ1v) is 11.2. The van der Waals surface area contributed by atoms with Crippen molar-refractivity contribution in [2.24, 2.45) is 0 Å². The van der Waals surface area contributed by atoms with Crippen molar-refractivity contribution in [3.63, 3.8) is 0 Å². The standard InChI is InChI=1S/C27H25FN4O4/c1-16-19(8-17-5-6-23(24(9-17)36-2)30-15-27(34)35)21-10-25(28)31-14-22(21)20(16)11-26(33)32-13-18-4-3-7-29-12-18/h3-10,12,14,30H,11,13,15H2,1-2H3,(H,32,33)(H,34,35). The number of nitrogens with one attached hydrogen (secondary N) is 2. The number of rotatable bonds is 9. The fourth-order valence-corrected chi connectivity index (χ4v) is 4.08. The van der Waals surface area contributed by atoms with Gasteiger partial charge in [0.15, 0.2) is 0 Å². The molecule has 36 heavy (non-hydrogen) atoms. The summed E-state index contributed by atoms with van der Waals surface area (Å²) in [6, 6.07) is 10.4. The Bertz CT molecular complexity index is 1370. The lowest BCUT2D eigenvalue weighted by molar-refractivity contribution is -0.135. The summed E-state index contributed by atoms with van der Waals surface area (Å²) in [6.07, 6.45) is 6.82. The molecule has 0 fully saturated rings. The number of ether oxygens (including phenoxy) is 1. The third kappa shape index (κ3) is 5.57. The highest BCUT2D eigenvalue weighted by molar-refractivity contribution is 6.08. The molecule has 0 atom stereocenters. The Morgan fingerprint density at radius 3 is 2.72 bits per heavy atom. The summed E-state index contributed by atoms with van der Waals surface area (Å²) in [5.41, 5.74) is 5.97. The van der Waals surface area contributed by atoms with Crippen molar-refractivity contribution in [3.8, 4) is 5.75 Å². The number of anilines is 1. The minimum atomic E-state index is -0.987. The minimum absolute atomic E-state index is 0.116. The van der Waals surface area contributed by atoms with Gasteiger partial charge in [0.1, 0.15) is 12.3 Å². The van der Waals surface area contributed by atoms with Crippen LogP contribution in [0.3, 0.4) is 0 Å². The first kappa shape index (κ1) is 24.6. The summed E-state index contributed by atoms with van der Waals surface area (Å²) in [4.78, 5) is 31.5. The van der Waals surface area contributed by atoms with Crippen LogP contribution in [0.15, 0.2) is 60.6 Å². The molecule has 1 aliphatic carbocycles. The van der Waals surface area contributed by atoms with Gasteiger partial charge in [0.2, 0.25) is 11.9 Å². The van der Waals surface area contributed by atoms with Gasteiger partial charge in [-0.3, -0.25) is 14.6 Å². The highest BCUT2D eigenvalue weighted by atomic mass is 19.1. The number of aliphatic carboxylic acids is 1. The van der Waals surface area contributed by atoms with Crippen LogP contribution in [-0.4, -0.2) is 40.6 Å². The van der Waals surface area contributed by atoms with Crippen LogP contribution in [0.25, 0.3) is 17.2 Å². The van der Waals surface area contributed by atoms with Crippen molar-refractivity contribution >= 4 is 34.8 Å². The SMILES string of the molecule is COc1cc(C=C2C(C)=C(CC(=O)NCc3cccnc3)c3cnc(F)cc32)ccc1NCC(=O)O. The summed E-state index contributed by atoms with van der Waals surface area (Å²) in [6.45, 7) is 2.01. The van der Waals surface area contributed by atoms with Crippen molar-refractivity contribution in [2.75, 3.05) is 19.0 Å². The highest BCUT2D eigenvalue weighted by Gasteiger charge is 2.26. The molecule has 1 aromatic carbocycles. The Kier molecular flexibility index (Phi) is 7.39. The monoisotopic (exact) mass is 488 g/mol. The summed E-state index contributed by atoms with van der Waals surface area (Å²) in [5, 5.41) is 14.6. The molecule has 9 heteroatoms. The van der Waals surface area contributed by atoms with E-state index >= 15 is 0 Å². The first-order chi connectivity index (χ1) is 17.4. The fraction of sp³-hybridized carbons (Fsp3) is 0.185. The van der Waals surface area contributed by atoms with Crippen LogP contribution in [0.4, 0.5) is 10.1 Å². The van der Waals surface area contributed by atoms with Crippen molar-refractivity contribution in [2.45, 2.75) is 19.9 Å². The maximum absolute atomic E-state index is 14.1. The molecular formula is C27H25FN4O4. The molecule has 1 amide bonds. The summed E-state index contributed by atoms with van der Waals surface area (Å²) in [7, 11) is 1.50. The lowest BCUT2D eigenvalue weighted by atomic mass is 10.0. The quantitative estimate of drug-likeness (QED) is 0.388. The number of pyridine rings is 2. The smallest absolute Gasteiger partial charge is 0.322 e. The van der Waals surface area contributed by atoms with Gasteiger partial charge < -0.3 is 20.5 Å². The number of aromatic nitrogens is 2. The molecule has 3 aromatic rings. The van der Waals surface area contributed by atoms with Gasteiger partial charge >= 0.3 is 5.97 Å². The van der Waals surface area contributed by atoms with E-state index < -0.39 is 11.9 Å². The largest absolute Gasteiger partial charge is 0.495 e. The topological polar surface area (TPSA) is 113 Å². The van der Waals surface area contributed by atoms with Gasteiger partial charge in [-0.2, -0.15) is 4.39 Å². The van der Waals surface area contributed by atoms with E-state index in [1.165, 1.54) is 19.4 Å². The van der Waals surface area contributed by atoms with Crippen LogP contribution in [0.2, 0.25) is 0 Å². The van der Waals surface area contributed by atoms with E-state index in [2.05, 4.69) is 20.6 Å². The maximum Gasteiger partial charge on any atom is 0.322 e. The molecular weight excluding hydrogens is 463 g/mol. The Morgan fingerprint density at radius 2 is 2.00 bits per heavy atom. The van der Waals surface area contributed by atoms with E-state index in [-0.39, 0.29) is 18.9 Å². The molecule has 2 aromatic heterocycles. The Balaban J connectivity index is 1.62. The van der Waals surface area contributed by atoms with E-state index in [1.807, 2.05) is 31.2 Å². The molecule has 0 spiro atoms. The maximum atomic E-state index is 14.1. The number of fused-ring (bicyclic) bond motifs is 1. The van der Waals surface area contributed by atoms with E-state index in [0.717, 1.165) is 27.8 Å². The number of carbonyl (C=O) groups is 2. The average Bonchev–Trinajstić information content (AvgIpc) is 3.12. The molecule has 0 saturated heterocycles. The molecule has 184 valence electrons. The van der Waals surface area contributed by atoms with E-state index in [9.17, 15) is 14.0 Å². The number of hydrogen-bond donors (Lipinski definition) is 3. The average molecular weight is 489 g/mol. The van der Waals surface area contributed by atoms with Crippen LogP contribution in [0.5, 0.6) is 5.75 Å². The zero-order chi connectivity index (χ0) is 25.7. The number of hydrogen-bond acceptors (Lipinski definition) is 6. The van der Waals surface area contributed by atoms with Crippen LogP contribution >= 0.6 is 0 Å². The van der Waals surface area contributed by atoms with Gasteiger partial charge in [0.25, 0.3) is 0 Å². The number of allylic oxidation sites excluding steroid dienone is 2. The second-order valence-corrected chi connectivity index (χ2v) is 8.24. The number of benzene rings is 1. The van der Waals surface area contributed by atoms with E-state index in [4.69, 9.17) is 9.84 Å². The summed E-state index contributed by atoms with van der Waals surface area (Å²) < 4.78 is 19.5. The van der Waals surface area contributed by atoms with Gasteiger partial charge in [-0.05, 0) is 64.6 Å². The normalized spacial score (nSPS) is 13.5. The molecule has 0 saturated carbocycles. The Morgan fingerprint density at radius 1 is 1.17 bits per heavy atom. The molecule has 0 aliphatic heterocycles. The fourth-order valence-electron chi connectivity index (χ4n) is 4.08. The van der Waals surface area contributed by atoms with Crippen LogP contribution < -0.4 is 15.4 Å². The van der Waals surface area contributed by atoms with Crippen molar-refractivity contribution in [3.05, 3.63) is 88.8 Å². The third-order valence-electron chi connectivity index (χ3n) is 5.86. The molecule has 0 unspecified atom stereocenters. The van der Waals surface area contributed by atoms with Crippen LogP contribution in [0, 0.1) is 5.95 Å². The molecule has 0 bridgehead atoms.